The van der Waals surface area contributed by atoms with Crippen LogP contribution in [0.3, 0.4) is 0 Å². The summed E-state index contributed by atoms with van der Waals surface area (Å²) in [5.74, 6) is -0.914. The van der Waals surface area contributed by atoms with Gasteiger partial charge < -0.3 is 4.57 Å². The van der Waals surface area contributed by atoms with E-state index >= 15 is 0 Å². The minimum absolute atomic E-state index is 0.0656. The molecule has 1 saturated heterocycles. The van der Waals surface area contributed by atoms with Crippen LogP contribution in [0.1, 0.15) is 48.7 Å². The summed E-state index contributed by atoms with van der Waals surface area (Å²) in [4.78, 5) is 27.1. The largest absolute Gasteiger partial charge is 0.346 e. The Bertz CT molecular complexity index is 1030. The van der Waals surface area contributed by atoms with E-state index in [0.717, 1.165) is 17.0 Å². The second-order valence-electron chi connectivity index (χ2n) is 7.57. The normalized spacial score (nSPS) is 19.3. The van der Waals surface area contributed by atoms with Gasteiger partial charge in [-0.05, 0) is 80.9 Å². The van der Waals surface area contributed by atoms with Crippen molar-refractivity contribution in [1.29, 1.82) is 0 Å². The summed E-state index contributed by atoms with van der Waals surface area (Å²) in [5, 5.41) is 3.25. The highest BCUT2D eigenvalue weighted by molar-refractivity contribution is 7.80. The third kappa shape index (κ3) is 3.63. The fraction of sp³-hybridized carbons (Fsp3) is 0.318. The number of rotatable bonds is 3. The van der Waals surface area contributed by atoms with E-state index in [4.69, 9.17) is 23.8 Å². The Kier molecular flexibility index (Phi) is 5.32. The zero-order chi connectivity index (χ0) is 20.7. The maximum atomic E-state index is 13.2. The lowest BCUT2D eigenvalue weighted by Crippen LogP contribution is -2.54. The predicted molar refractivity (Wildman–Crippen MR) is 119 cm³/mol. The summed E-state index contributed by atoms with van der Waals surface area (Å²) in [6.07, 6.45) is 6.50. The molecule has 7 heteroatoms. The average Bonchev–Trinajstić information content (AvgIpc) is 3.28. The Morgan fingerprint density at radius 1 is 1.14 bits per heavy atom. The van der Waals surface area contributed by atoms with E-state index in [2.05, 4.69) is 16.8 Å². The van der Waals surface area contributed by atoms with E-state index in [-0.39, 0.29) is 10.7 Å². The third-order valence-electron chi connectivity index (χ3n) is 5.70. The molecule has 1 aromatic carbocycles. The highest BCUT2D eigenvalue weighted by atomic mass is 35.5. The second kappa shape index (κ2) is 7.76. The summed E-state index contributed by atoms with van der Waals surface area (Å²) >= 11 is 11.2. The van der Waals surface area contributed by atoms with Gasteiger partial charge in [0.1, 0.15) is 5.57 Å². The molecule has 150 valence electrons. The standard InChI is InChI=1S/C22H22ClN3O2S/c1-13-11-15(14(2)25(13)17-5-3-4-6-17)12-19-20(27)24-22(29)26(21(19)28)18-9-7-16(23)8-10-18/h7-12,17H,3-6H2,1-2H3,(H,24,27,29)/b19-12+. The minimum atomic E-state index is -0.476. The molecule has 0 radical (unpaired) electrons. The molecule has 2 fully saturated rings. The lowest BCUT2D eigenvalue weighted by molar-refractivity contribution is -0.122. The summed E-state index contributed by atoms with van der Waals surface area (Å²) in [5.41, 5.74) is 3.74. The van der Waals surface area contributed by atoms with Crippen molar-refractivity contribution in [2.45, 2.75) is 45.6 Å². The van der Waals surface area contributed by atoms with Crippen molar-refractivity contribution >= 4 is 52.5 Å². The molecule has 2 aliphatic rings. The number of carbonyl (C=O) groups excluding carboxylic acids is 2. The number of carbonyl (C=O) groups is 2. The molecule has 0 atom stereocenters. The van der Waals surface area contributed by atoms with E-state index in [1.807, 2.05) is 13.0 Å². The lowest BCUT2D eigenvalue weighted by atomic mass is 10.1. The first-order valence-electron chi connectivity index (χ1n) is 9.72. The molecular formula is C22H22ClN3O2S. The molecule has 1 aliphatic carbocycles. The average molecular weight is 428 g/mol. The Morgan fingerprint density at radius 2 is 1.79 bits per heavy atom. The van der Waals surface area contributed by atoms with Crippen molar-refractivity contribution < 1.29 is 9.59 Å². The molecule has 2 aromatic rings. The zero-order valence-electron chi connectivity index (χ0n) is 16.4. The van der Waals surface area contributed by atoms with Gasteiger partial charge >= 0.3 is 0 Å². The maximum Gasteiger partial charge on any atom is 0.270 e. The fourth-order valence-electron chi connectivity index (χ4n) is 4.31. The third-order valence-corrected chi connectivity index (χ3v) is 6.24. The first-order chi connectivity index (χ1) is 13.9. The quantitative estimate of drug-likeness (QED) is 0.438. The van der Waals surface area contributed by atoms with Crippen LogP contribution in [0.15, 0.2) is 35.9 Å². The summed E-state index contributed by atoms with van der Waals surface area (Å²) in [6, 6.07) is 9.31. The zero-order valence-corrected chi connectivity index (χ0v) is 17.9. The molecule has 5 nitrogen and oxygen atoms in total. The van der Waals surface area contributed by atoms with Crippen molar-refractivity contribution in [2.75, 3.05) is 4.90 Å². The van der Waals surface area contributed by atoms with Gasteiger partial charge in [0.25, 0.3) is 11.8 Å². The number of aryl methyl sites for hydroxylation is 1. The minimum Gasteiger partial charge on any atom is -0.346 e. The number of hydrogen-bond donors (Lipinski definition) is 1. The molecule has 2 heterocycles. The number of benzene rings is 1. The Hall–Kier alpha value is -2.44. The van der Waals surface area contributed by atoms with Gasteiger partial charge in [-0.2, -0.15) is 0 Å². The topological polar surface area (TPSA) is 54.3 Å². The summed E-state index contributed by atoms with van der Waals surface area (Å²) in [6.45, 7) is 4.12. The van der Waals surface area contributed by atoms with Crippen molar-refractivity contribution in [3.63, 3.8) is 0 Å². The SMILES string of the molecule is Cc1cc(/C=C2\C(=O)NC(=S)N(c3ccc(Cl)cc3)C2=O)c(C)n1C1CCCC1. The highest BCUT2D eigenvalue weighted by Crippen LogP contribution is 2.34. The van der Waals surface area contributed by atoms with Crippen LogP contribution in [0, 0.1) is 13.8 Å². The molecule has 1 saturated carbocycles. The van der Waals surface area contributed by atoms with Crippen LogP contribution in [0.5, 0.6) is 0 Å². The van der Waals surface area contributed by atoms with Crippen molar-refractivity contribution in [3.8, 4) is 0 Å². The molecule has 29 heavy (non-hydrogen) atoms. The highest BCUT2D eigenvalue weighted by Gasteiger charge is 2.35. The fourth-order valence-corrected chi connectivity index (χ4v) is 4.72. The van der Waals surface area contributed by atoms with Gasteiger partial charge in [0.15, 0.2) is 5.11 Å². The Labute approximate surface area is 180 Å². The van der Waals surface area contributed by atoms with Gasteiger partial charge in [0.05, 0.1) is 5.69 Å². The van der Waals surface area contributed by atoms with E-state index in [9.17, 15) is 9.59 Å². The second-order valence-corrected chi connectivity index (χ2v) is 8.39. The summed E-state index contributed by atoms with van der Waals surface area (Å²) in [7, 11) is 0. The van der Waals surface area contributed by atoms with E-state index in [0.29, 0.717) is 16.8 Å². The van der Waals surface area contributed by atoms with E-state index in [1.54, 1.807) is 30.3 Å². The number of halogens is 1. The number of nitrogens with zero attached hydrogens (tertiary/aromatic N) is 2. The molecule has 0 bridgehead atoms. The number of aromatic nitrogens is 1. The van der Waals surface area contributed by atoms with Gasteiger partial charge in [0.2, 0.25) is 0 Å². The maximum absolute atomic E-state index is 13.2. The molecule has 1 aromatic heterocycles. The van der Waals surface area contributed by atoms with Gasteiger partial charge in [0, 0.05) is 22.5 Å². The first kappa shape index (κ1) is 19.9. The Balaban J connectivity index is 1.72. The van der Waals surface area contributed by atoms with Crippen molar-refractivity contribution in [3.05, 3.63) is 57.9 Å². The first-order valence-corrected chi connectivity index (χ1v) is 10.5. The van der Waals surface area contributed by atoms with Crippen LogP contribution in [0.25, 0.3) is 6.08 Å². The number of amides is 2. The predicted octanol–water partition coefficient (Wildman–Crippen LogP) is 4.70. The van der Waals surface area contributed by atoms with Gasteiger partial charge in [-0.3, -0.25) is 19.8 Å². The molecule has 0 unspecified atom stereocenters. The molecule has 4 rings (SSSR count). The summed E-state index contributed by atoms with van der Waals surface area (Å²) < 4.78 is 2.34. The van der Waals surface area contributed by atoms with Gasteiger partial charge in [-0.1, -0.05) is 24.4 Å². The smallest absolute Gasteiger partial charge is 0.270 e. The van der Waals surface area contributed by atoms with Crippen LogP contribution in [0.4, 0.5) is 5.69 Å². The van der Waals surface area contributed by atoms with Crippen LogP contribution >= 0.6 is 23.8 Å². The molecule has 1 aliphatic heterocycles. The number of thiocarbonyl (C=S) groups is 1. The van der Waals surface area contributed by atoms with Crippen LogP contribution < -0.4 is 10.2 Å². The molecule has 2 amide bonds. The lowest BCUT2D eigenvalue weighted by Gasteiger charge is -2.29. The van der Waals surface area contributed by atoms with Crippen LogP contribution in [0.2, 0.25) is 5.02 Å². The van der Waals surface area contributed by atoms with Crippen LogP contribution in [-0.2, 0) is 9.59 Å². The Morgan fingerprint density at radius 3 is 2.45 bits per heavy atom. The van der Waals surface area contributed by atoms with E-state index < -0.39 is 11.8 Å². The van der Waals surface area contributed by atoms with Crippen LogP contribution in [-0.4, -0.2) is 21.5 Å². The molecule has 1 N–H and O–H groups in total. The van der Waals surface area contributed by atoms with E-state index in [1.165, 1.54) is 30.6 Å². The number of anilines is 1. The number of hydrogen-bond acceptors (Lipinski definition) is 3. The van der Waals surface area contributed by atoms with Gasteiger partial charge in [-0.15, -0.1) is 0 Å². The monoisotopic (exact) mass is 427 g/mol. The molecular weight excluding hydrogens is 406 g/mol. The number of nitrogens with one attached hydrogen (secondary N) is 1. The van der Waals surface area contributed by atoms with Gasteiger partial charge in [-0.25, -0.2) is 0 Å². The molecule has 0 spiro atoms. The van der Waals surface area contributed by atoms with Crippen molar-refractivity contribution in [1.82, 2.24) is 9.88 Å². The van der Waals surface area contributed by atoms with Crippen molar-refractivity contribution in [2.24, 2.45) is 0 Å².